The molecular weight excluding hydrogens is 292 g/mol. The van der Waals surface area contributed by atoms with E-state index in [1.165, 1.54) is 0 Å². The Morgan fingerprint density at radius 2 is 2.04 bits per heavy atom. The van der Waals surface area contributed by atoms with Gasteiger partial charge in [-0.05, 0) is 37.1 Å². The second kappa shape index (κ2) is 7.50. The van der Waals surface area contributed by atoms with Gasteiger partial charge in [0.25, 0.3) is 5.56 Å². The molecule has 0 spiro atoms. The Morgan fingerprint density at radius 3 is 2.70 bits per heavy atom. The molecule has 1 aromatic carbocycles. The molecule has 1 heterocycles. The maximum Gasteiger partial charge on any atom is 0.266 e. The van der Waals surface area contributed by atoms with Crippen LogP contribution < -0.4 is 15.0 Å². The molecule has 2 rings (SSSR count). The number of unbranched alkanes of at least 4 members (excludes halogenated alkanes) is 1. The molecule has 0 atom stereocenters. The fourth-order valence-electron chi connectivity index (χ4n) is 2.31. The summed E-state index contributed by atoms with van der Waals surface area (Å²) < 4.78 is 11.1. The molecule has 5 heteroatoms. The lowest BCUT2D eigenvalue weighted by Gasteiger charge is -2.13. The summed E-state index contributed by atoms with van der Waals surface area (Å²) in [7, 11) is 1.58. The first-order valence-corrected chi connectivity index (χ1v) is 7.56. The minimum absolute atomic E-state index is 0.0975. The molecule has 1 N–H and O–H groups in total. The number of rotatable bonds is 6. The maximum absolute atomic E-state index is 12.0. The summed E-state index contributed by atoms with van der Waals surface area (Å²) >= 11 is 0. The van der Waals surface area contributed by atoms with Crippen LogP contribution in [0.15, 0.2) is 29.1 Å². The molecule has 0 unspecified atom stereocenters. The molecule has 120 valence electrons. The van der Waals surface area contributed by atoms with Crippen LogP contribution in [0.1, 0.15) is 31.0 Å². The molecule has 1 aromatic heterocycles. The van der Waals surface area contributed by atoms with E-state index in [0.717, 1.165) is 18.4 Å². The first-order valence-electron chi connectivity index (χ1n) is 7.56. The van der Waals surface area contributed by atoms with Crippen molar-refractivity contribution in [1.29, 1.82) is 5.26 Å². The number of H-pyrrole nitrogens is 1. The number of ether oxygens (including phenoxy) is 2. The van der Waals surface area contributed by atoms with E-state index in [1.807, 2.05) is 18.2 Å². The zero-order valence-electron chi connectivity index (χ0n) is 13.6. The lowest BCUT2D eigenvalue weighted by molar-refractivity contribution is 0.288. The summed E-state index contributed by atoms with van der Waals surface area (Å²) in [5, 5.41) is 9.27. The van der Waals surface area contributed by atoms with Gasteiger partial charge in [0.2, 0.25) is 0 Å². The summed E-state index contributed by atoms with van der Waals surface area (Å²) in [6.07, 6.45) is 1.98. The molecule has 2 aromatic rings. The Bertz CT molecular complexity index is 788. The van der Waals surface area contributed by atoms with Crippen LogP contribution in [0.4, 0.5) is 0 Å². The molecule has 0 saturated carbocycles. The normalized spacial score (nSPS) is 10.2. The third kappa shape index (κ3) is 3.72. The molecule has 0 fully saturated rings. The number of nitrogens with zero attached hydrogens (tertiary/aromatic N) is 1. The van der Waals surface area contributed by atoms with Crippen LogP contribution in [0.2, 0.25) is 0 Å². The Hall–Kier alpha value is -2.74. The van der Waals surface area contributed by atoms with E-state index in [1.54, 1.807) is 26.2 Å². The Morgan fingerprint density at radius 1 is 1.26 bits per heavy atom. The minimum Gasteiger partial charge on any atom is -0.493 e. The van der Waals surface area contributed by atoms with Gasteiger partial charge in [-0.3, -0.25) is 4.79 Å². The highest BCUT2D eigenvalue weighted by Gasteiger charge is 2.13. The van der Waals surface area contributed by atoms with Crippen LogP contribution in [-0.2, 0) is 0 Å². The predicted molar refractivity (Wildman–Crippen MR) is 88.9 cm³/mol. The van der Waals surface area contributed by atoms with Gasteiger partial charge in [0, 0.05) is 11.3 Å². The topological polar surface area (TPSA) is 75.1 Å². The maximum atomic E-state index is 12.0. The predicted octanol–water partition coefficient (Wildman–Crippen LogP) is 3.41. The molecule has 5 nitrogen and oxygen atoms in total. The van der Waals surface area contributed by atoms with E-state index in [2.05, 4.69) is 11.9 Å². The number of hydrogen-bond donors (Lipinski definition) is 1. The number of aryl methyl sites for hydroxylation is 1. The van der Waals surface area contributed by atoms with Gasteiger partial charge >= 0.3 is 0 Å². The average molecular weight is 312 g/mol. The molecule has 0 aliphatic rings. The Kier molecular flexibility index (Phi) is 5.42. The minimum atomic E-state index is -0.383. The zero-order chi connectivity index (χ0) is 16.8. The van der Waals surface area contributed by atoms with Crippen LogP contribution in [0.5, 0.6) is 11.5 Å². The van der Waals surface area contributed by atoms with Crippen molar-refractivity contribution < 1.29 is 9.47 Å². The number of nitrogens with one attached hydrogen (secondary N) is 1. The van der Waals surface area contributed by atoms with Crippen molar-refractivity contribution in [2.75, 3.05) is 13.7 Å². The van der Waals surface area contributed by atoms with Gasteiger partial charge < -0.3 is 14.5 Å². The highest BCUT2D eigenvalue weighted by molar-refractivity contribution is 5.72. The Balaban J connectivity index is 2.51. The first-order chi connectivity index (χ1) is 11.1. The third-order valence-corrected chi connectivity index (χ3v) is 3.51. The Labute approximate surface area is 135 Å². The van der Waals surface area contributed by atoms with Crippen LogP contribution >= 0.6 is 0 Å². The number of nitriles is 1. The number of methoxy groups -OCH3 is 1. The van der Waals surface area contributed by atoms with E-state index in [0.29, 0.717) is 29.4 Å². The van der Waals surface area contributed by atoms with E-state index in [9.17, 15) is 10.1 Å². The number of pyridine rings is 1. The molecule has 0 saturated heterocycles. The molecule has 0 amide bonds. The molecule has 0 aliphatic carbocycles. The summed E-state index contributed by atoms with van der Waals surface area (Å²) in [6.45, 7) is 4.47. The van der Waals surface area contributed by atoms with Crippen LogP contribution in [0.3, 0.4) is 0 Å². The second-order valence-electron chi connectivity index (χ2n) is 5.25. The van der Waals surface area contributed by atoms with Crippen LogP contribution in [0, 0.1) is 18.3 Å². The van der Waals surface area contributed by atoms with Gasteiger partial charge in [-0.15, -0.1) is 0 Å². The van der Waals surface area contributed by atoms with E-state index in [-0.39, 0.29) is 11.1 Å². The lowest BCUT2D eigenvalue weighted by atomic mass is 10.0. The van der Waals surface area contributed by atoms with Crippen LogP contribution in [0.25, 0.3) is 11.1 Å². The summed E-state index contributed by atoms with van der Waals surface area (Å²) in [5.41, 5.74) is 1.76. The SMILES string of the molecule is CCCCOc1cc(-c2cc(C)[nH]c(=O)c2C#N)ccc1OC. The van der Waals surface area contributed by atoms with Crippen molar-refractivity contribution in [3.8, 4) is 28.7 Å². The molecule has 0 aliphatic heterocycles. The largest absolute Gasteiger partial charge is 0.493 e. The summed E-state index contributed by atoms with van der Waals surface area (Å²) in [5.74, 6) is 1.24. The van der Waals surface area contributed by atoms with Crippen LogP contribution in [-0.4, -0.2) is 18.7 Å². The lowest BCUT2D eigenvalue weighted by Crippen LogP contribution is -2.12. The van der Waals surface area contributed by atoms with Crippen molar-refractivity contribution in [3.63, 3.8) is 0 Å². The molecule has 0 bridgehead atoms. The van der Waals surface area contributed by atoms with Crippen molar-refractivity contribution in [3.05, 3.63) is 45.9 Å². The molecular formula is C18H20N2O3. The van der Waals surface area contributed by atoms with Gasteiger partial charge in [0.15, 0.2) is 11.5 Å². The molecule has 0 radical (unpaired) electrons. The van der Waals surface area contributed by atoms with E-state index in [4.69, 9.17) is 9.47 Å². The highest BCUT2D eigenvalue weighted by atomic mass is 16.5. The standard InChI is InChI=1S/C18H20N2O3/c1-4-5-8-23-17-10-13(6-7-16(17)22-3)14-9-12(2)20-18(21)15(14)11-19/h6-7,9-10H,4-5,8H2,1-3H3,(H,20,21). The third-order valence-electron chi connectivity index (χ3n) is 3.51. The van der Waals surface area contributed by atoms with Gasteiger partial charge in [0.05, 0.1) is 13.7 Å². The fourth-order valence-corrected chi connectivity index (χ4v) is 2.31. The summed E-state index contributed by atoms with van der Waals surface area (Å²) in [6, 6.07) is 9.18. The second-order valence-corrected chi connectivity index (χ2v) is 5.25. The average Bonchev–Trinajstić information content (AvgIpc) is 2.54. The molecule has 23 heavy (non-hydrogen) atoms. The number of benzene rings is 1. The van der Waals surface area contributed by atoms with Crippen molar-refractivity contribution >= 4 is 0 Å². The zero-order valence-corrected chi connectivity index (χ0v) is 13.6. The quantitative estimate of drug-likeness (QED) is 0.829. The number of hydrogen-bond acceptors (Lipinski definition) is 4. The van der Waals surface area contributed by atoms with Gasteiger partial charge in [-0.1, -0.05) is 19.4 Å². The monoisotopic (exact) mass is 312 g/mol. The van der Waals surface area contributed by atoms with E-state index < -0.39 is 0 Å². The fraction of sp³-hybridized carbons (Fsp3) is 0.333. The number of aromatic amines is 1. The van der Waals surface area contributed by atoms with Gasteiger partial charge in [-0.25, -0.2) is 0 Å². The number of aromatic nitrogens is 1. The summed E-state index contributed by atoms with van der Waals surface area (Å²) in [4.78, 5) is 14.6. The highest BCUT2D eigenvalue weighted by Crippen LogP contribution is 2.33. The van der Waals surface area contributed by atoms with Gasteiger partial charge in [0.1, 0.15) is 11.6 Å². The van der Waals surface area contributed by atoms with Crippen molar-refractivity contribution in [2.45, 2.75) is 26.7 Å². The van der Waals surface area contributed by atoms with E-state index >= 15 is 0 Å². The van der Waals surface area contributed by atoms with Crippen molar-refractivity contribution in [1.82, 2.24) is 4.98 Å². The first kappa shape index (κ1) is 16.6. The van der Waals surface area contributed by atoms with Crippen molar-refractivity contribution in [2.24, 2.45) is 0 Å². The smallest absolute Gasteiger partial charge is 0.266 e. The van der Waals surface area contributed by atoms with Gasteiger partial charge in [-0.2, -0.15) is 5.26 Å².